The number of halogens is 1. The van der Waals surface area contributed by atoms with E-state index in [0.29, 0.717) is 0 Å². The number of rotatable bonds is 3. The van der Waals surface area contributed by atoms with E-state index in [1.807, 2.05) is 32.9 Å². The highest BCUT2D eigenvalue weighted by Gasteiger charge is 2.26. The number of carbonyl (C=O) groups excluding carboxylic acids is 1. The van der Waals surface area contributed by atoms with Gasteiger partial charge in [-0.2, -0.15) is 0 Å². The Balaban J connectivity index is 2.79. The summed E-state index contributed by atoms with van der Waals surface area (Å²) in [5.41, 5.74) is -0.458. The van der Waals surface area contributed by atoms with Crippen molar-refractivity contribution in [3.05, 3.63) is 20.8 Å². The van der Waals surface area contributed by atoms with Gasteiger partial charge >= 0.3 is 5.97 Å². The van der Waals surface area contributed by atoms with Gasteiger partial charge in [0, 0.05) is 4.88 Å². The summed E-state index contributed by atoms with van der Waals surface area (Å²) in [6.07, 6.45) is 0. The van der Waals surface area contributed by atoms with Crippen LogP contribution in [0.4, 0.5) is 0 Å². The molecule has 1 N–H and O–H groups in total. The van der Waals surface area contributed by atoms with Crippen molar-refractivity contribution in [2.75, 3.05) is 7.05 Å². The van der Waals surface area contributed by atoms with Crippen LogP contribution in [0.25, 0.3) is 0 Å². The van der Waals surface area contributed by atoms with Gasteiger partial charge in [0.15, 0.2) is 0 Å². The number of esters is 1. The van der Waals surface area contributed by atoms with Gasteiger partial charge in [0.1, 0.15) is 11.6 Å². The maximum absolute atomic E-state index is 11.9. The fourth-order valence-electron chi connectivity index (χ4n) is 1.22. The van der Waals surface area contributed by atoms with E-state index in [2.05, 4.69) is 21.2 Å². The van der Waals surface area contributed by atoms with Gasteiger partial charge in [0.25, 0.3) is 0 Å². The average molecular weight is 306 g/mol. The van der Waals surface area contributed by atoms with E-state index < -0.39 is 11.6 Å². The first kappa shape index (κ1) is 13.7. The molecule has 0 spiro atoms. The summed E-state index contributed by atoms with van der Waals surface area (Å²) in [7, 11) is 1.75. The molecular formula is C11H16BrNO2S. The number of nitrogens with one attached hydrogen (secondary N) is 1. The topological polar surface area (TPSA) is 38.3 Å². The van der Waals surface area contributed by atoms with Crippen molar-refractivity contribution >= 4 is 33.2 Å². The van der Waals surface area contributed by atoms with Crippen molar-refractivity contribution in [3.8, 4) is 0 Å². The Labute approximate surface area is 108 Å². The number of carbonyl (C=O) groups is 1. The predicted octanol–water partition coefficient (Wildman–Crippen LogP) is 3.11. The minimum atomic E-state index is -0.458. The molecule has 1 atom stereocenters. The molecule has 90 valence electrons. The van der Waals surface area contributed by atoms with Crippen molar-refractivity contribution < 1.29 is 9.53 Å². The van der Waals surface area contributed by atoms with Gasteiger partial charge in [0.2, 0.25) is 0 Å². The second-order valence-corrected chi connectivity index (χ2v) is 6.89. The third kappa shape index (κ3) is 3.88. The largest absolute Gasteiger partial charge is 0.459 e. The van der Waals surface area contributed by atoms with E-state index in [1.54, 1.807) is 7.05 Å². The third-order valence-electron chi connectivity index (χ3n) is 1.81. The van der Waals surface area contributed by atoms with E-state index in [0.717, 1.165) is 8.66 Å². The van der Waals surface area contributed by atoms with Crippen LogP contribution in [-0.4, -0.2) is 18.6 Å². The van der Waals surface area contributed by atoms with Crippen molar-refractivity contribution in [1.82, 2.24) is 5.32 Å². The van der Waals surface area contributed by atoms with Crippen molar-refractivity contribution in [2.45, 2.75) is 32.4 Å². The van der Waals surface area contributed by atoms with Gasteiger partial charge in [0.05, 0.1) is 3.79 Å². The Hall–Kier alpha value is -0.390. The normalized spacial score (nSPS) is 13.6. The van der Waals surface area contributed by atoms with E-state index in [4.69, 9.17) is 4.74 Å². The molecule has 0 aromatic carbocycles. The molecular weight excluding hydrogens is 290 g/mol. The summed E-state index contributed by atoms with van der Waals surface area (Å²) in [5.74, 6) is -0.246. The maximum atomic E-state index is 11.9. The fraction of sp³-hybridized carbons (Fsp3) is 0.545. The van der Waals surface area contributed by atoms with Crippen LogP contribution in [0.1, 0.15) is 31.7 Å². The Kier molecular flexibility index (Phi) is 4.52. The van der Waals surface area contributed by atoms with E-state index in [9.17, 15) is 4.79 Å². The lowest BCUT2D eigenvalue weighted by atomic mass is 10.2. The predicted molar refractivity (Wildman–Crippen MR) is 69.7 cm³/mol. The highest BCUT2D eigenvalue weighted by molar-refractivity contribution is 9.11. The molecule has 0 aliphatic heterocycles. The molecule has 16 heavy (non-hydrogen) atoms. The van der Waals surface area contributed by atoms with Gasteiger partial charge in [-0.25, -0.2) is 4.79 Å². The molecule has 1 rings (SSSR count). The minimum Gasteiger partial charge on any atom is -0.459 e. The first-order valence-corrected chi connectivity index (χ1v) is 6.60. The van der Waals surface area contributed by atoms with Crippen LogP contribution < -0.4 is 5.32 Å². The summed E-state index contributed by atoms with van der Waals surface area (Å²) in [5, 5.41) is 2.97. The van der Waals surface area contributed by atoms with Crippen LogP contribution >= 0.6 is 27.3 Å². The van der Waals surface area contributed by atoms with Crippen molar-refractivity contribution in [3.63, 3.8) is 0 Å². The Morgan fingerprint density at radius 2 is 2.12 bits per heavy atom. The highest BCUT2D eigenvalue weighted by Crippen LogP contribution is 2.28. The summed E-state index contributed by atoms with van der Waals surface area (Å²) < 4.78 is 6.35. The van der Waals surface area contributed by atoms with Crippen molar-refractivity contribution in [1.29, 1.82) is 0 Å². The molecule has 0 amide bonds. The number of likely N-dealkylation sites (N-methyl/N-ethyl adjacent to an activating group) is 1. The van der Waals surface area contributed by atoms with E-state index >= 15 is 0 Å². The average Bonchev–Trinajstić information content (AvgIpc) is 2.49. The summed E-state index contributed by atoms with van der Waals surface area (Å²) in [4.78, 5) is 12.9. The third-order valence-corrected chi connectivity index (χ3v) is 3.50. The van der Waals surface area contributed by atoms with Gasteiger partial charge in [-0.1, -0.05) is 0 Å². The first-order valence-electron chi connectivity index (χ1n) is 4.99. The van der Waals surface area contributed by atoms with Crippen LogP contribution in [0.2, 0.25) is 0 Å². The lowest BCUT2D eigenvalue weighted by Crippen LogP contribution is -2.32. The SMILES string of the molecule is CNC(C(=O)OC(C)(C)C)c1ccc(Br)s1. The molecule has 0 fully saturated rings. The quantitative estimate of drug-likeness (QED) is 0.872. The van der Waals surface area contributed by atoms with Crippen LogP contribution in [-0.2, 0) is 9.53 Å². The van der Waals surface area contributed by atoms with Crippen molar-refractivity contribution in [2.24, 2.45) is 0 Å². The smallest absolute Gasteiger partial charge is 0.329 e. The molecule has 0 aliphatic carbocycles. The van der Waals surface area contributed by atoms with Gasteiger partial charge in [-0.15, -0.1) is 11.3 Å². The molecule has 0 saturated carbocycles. The highest BCUT2D eigenvalue weighted by atomic mass is 79.9. The molecule has 1 aromatic rings. The lowest BCUT2D eigenvalue weighted by molar-refractivity contribution is -0.157. The molecule has 0 bridgehead atoms. The van der Waals surface area contributed by atoms with E-state index in [1.165, 1.54) is 11.3 Å². The standard InChI is InChI=1S/C11H16BrNO2S/c1-11(2,3)15-10(14)9(13-4)7-5-6-8(12)16-7/h5-6,9,13H,1-4H3. The van der Waals surface area contributed by atoms with Gasteiger partial charge in [-0.3, -0.25) is 0 Å². The zero-order chi connectivity index (χ0) is 12.3. The number of hydrogen-bond donors (Lipinski definition) is 1. The second-order valence-electron chi connectivity index (χ2n) is 4.40. The van der Waals surface area contributed by atoms with Crippen LogP contribution in [0, 0.1) is 0 Å². The molecule has 1 heterocycles. The minimum absolute atomic E-state index is 0.246. The number of hydrogen-bond acceptors (Lipinski definition) is 4. The molecule has 1 aromatic heterocycles. The fourth-order valence-corrected chi connectivity index (χ4v) is 2.74. The zero-order valence-electron chi connectivity index (χ0n) is 9.83. The Morgan fingerprint density at radius 1 is 1.50 bits per heavy atom. The first-order chi connectivity index (χ1) is 7.33. The molecule has 0 saturated heterocycles. The zero-order valence-corrected chi connectivity index (χ0v) is 12.2. The van der Waals surface area contributed by atoms with Gasteiger partial charge in [-0.05, 0) is 55.9 Å². The van der Waals surface area contributed by atoms with Crippen LogP contribution in [0.5, 0.6) is 0 Å². The van der Waals surface area contributed by atoms with Crippen LogP contribution in [0.3, 0.4) is 0 Å². The number of ether oxygens (including phenoxy) is 1. The van der Waals surface area contributed by atoms with Gasteiger partial charge < -0.3 is 10.1 Å². The monoisotopic (exact) mass is 305 g/mol. The van der Waals surface area contributed by atoms with E-state index in [-0.39, 0.29) is 5.97 Å². The molecule has 0 radical (unpaired) electrons. The molecule has 3 nitrogen and oxygen atoms in total. The second kappa shape index (κ2) is 5.29. The molecule has 5 heteroatoms. The summed E-state index contributed by atoms with van der Waals surface area (Å²) in [6.45, 7) is 5.59. The summed E-state index contributed by atoms with van der Waals surface area (Å²) in [6, 6.07) is 3.45. The lowest BCUT2D eigenvalue weighted by Gasteiger charge is -2.23. The molecule has 0 aliphatic rings. The Bertz CT molecular complexity index is 370. The maximum Gasteiger partial charge on any atom is 0.329 e. The molecule has 1 unspecified atom stereocenters. The summed E-state index contributed by atoms with van der Waals surface area (Å²) >= 11 is 4.91. The number of thiophene rings is 1. The van der Waals surface area contributed by atoms with Crippen LogP contribution in [0.15, 0.2) is 15.9 Å². The Morgan fingerprint density at radius 3 is 2.50 bits per heavy atom.